The summed E-state index contributed by atoms with van der Waals surface area (Å²) in [5.74, 6) is 1.94. The predicted molar refractivity (Wildman–Crippen MR) is 54.0 cm³/mol. The summed E-state index contributed by atoms with van der Waals surface area (Å²) in [6, 6.07) is 4.27. The van der Waals surface area contributed by atoms with Crippen molar-refractivity contribution in [2.45, 2.75) is 38.3 Å². The standard InChI is InChI=1S/C11H17NO2/c1-2-9-3-4-10(14-9)11-7-8(12)5-6-13-11/h3-4,8,11H,2,5-7,12H2,1H3. The molecule has 3 heteroatoms. The van der Waals surface area contributed by atoms with Crippen LogP contribution in [0.4, 0.5) is 0 Å². The smallest absolute Gasteiger partial charge is 0.133 e. The van der Waals surface area contributed by atoms with Crippen LogP contribution >= 0.6 is 0 Å². The summed E-state index contributed by atoms with van der Waals surface area (Å²) in [4.78, 5) is 0. The molecule has 0 bridgehead atoms. The van der Waals surface area contributed by atoms with Crippen LogP contribution in [0, 0.1) is 0 Å². The lowest BCUT2D eigenvalue weighted by Crippen LogP contribution is -2.30. The molecule has 1 aromatic rings. The molecule has 1 aliphatic rings. The zero-order valence-electron chi connectivity index (χ0n) is 8.53. The minimum Gasteiger partial charge on any atom is -0.463 e. The highest BCUT2D eigenvalue weighted by molar-refractivity contribution is 5.10. The van der Waals surface area contributed by atoms with Crippen molar-refractivity contribution in [2.75, 3.05) is 6.61 Å². The summed E-state index contributed by atoms with van der Waals surface area (Å²) in [5.41, 5.74) is 5.88. The number of hydrogen-bond donors (Lipinski definition) is 1. The van der Waals surface area contributed by atoms with Gasteiger partial charge in [0.2, 0.25) is 0 Å². The van der Waals surface area contributed by atoms with Crippen LogP contribution in [-0.2, 0) is 11.2 Å². The molecule has 0 spiro atoms. The molecule has 1 aliphatic heterocycles. The Hall–Kier alpha value is -0.800. The van der Waals surface area contributed by atoms with E-state index in [0.29, 0.717) is 0 Å². The van der Waals surface area contributed by atoms with Gasteiger partial charge in [0.1, 0.15) is 17.6 Å². The second-order valence-corrected chi connectivity index (χ2v) is 3.80. The van der Waals surface area contributed by atoms with Crippen molar-refractivity contribution < 1.29 is 9.15 Å². The third-order valence-electron chi connectivity index (χ3n) is 2.67. The fourth-order valence-corrected chi connectivity index (χ4v) is 1.78. The molecule has 78 valence electrons. The lowest BCUT2D eigenvalue weighted by atomic mass is 10.0. The maximum absolute atomic E-state index is 5.88. The zero-order valence-corrected chi connectivity index (χ0v) is 8.53. The topological polar surface area (TPSA) is 48.4 Å². The third kappa shape index (κ3) is 1.99. The summed E-state index contributed by atoms with van der Waals surface area (Å²) in [6.07, 6.45) is 2.83. The first-order valence-electron chi connectivity index (χ1n) is 5.25. The SMILES string of the molecule is CCc1ccc(C2CC(N)CCO2)o1. The maximum Gasteiger partial charge on any atom is 0.133 e. The molecule has 2 unspecified atom stereocenters. The van der Waals surface area contributed by atoms with Gasteiger partial charge in [-0.3, -0.25) is 0 Å². The second kappa shape index (κ2) is 4.15. The molecular formula is C11H17NO2. The van der Waals surface area contributed by atoms with Gasteiger partial charge in [0.15, 0.2) is 0 Å². The van der Waals surface area contributed by atoms with Crippen molar-refractivity contribution in [1.29, 1.82) is 0 Å². The Morgan fingerprint density at radius 3 is 3.00 bits per heavy atom. The van der Waals surface area contributed by atoms with E-state index in [4.69, 9.17) is 14.9 Å². The monoisotopic (exact) mass is 195 g/mol. The molecule has 2 atom stereocenters. The van der Waals surface area contributed by atoms with Crippen molar-refractivity contribution in [2.24, 2.45) is 5.73 Å². The Labute approximate surface area is 84.2 Å². The van der Waals surface area contributed by atoms with Crippen molar-refractivity contribution in [3.63, 3.8) is 0 Å². The van der Waals surface area contributed by atoms with E-state index >= 15 is 0 Å². The number of furan rings is 1. The van der Waals surface area contributed by atoms with Gasteiger partial charge in [0.25, 0.3) is 0 Å². The van der Waals surface area contributed by atoms with Crippen molar-refractivity contribution in [1.82, 2.24) is 0 Å². The molecular weight excluding hydrogens is 178 g/mol. The molecule has 0 radical (unpaired) electrons. The maximum atomic E-state index is 5.88. The molecule has 0 aliphatic carbocycles. The Bertz CT molecular complexity index is 295. The summed E-state index contributed by atoms with van der Waals surface area (Å²) >= 11 is 0. The summed E-state index contributed by atoms with van der Waals surface area (Å²) in [5, 5.41) is 0. The third-order valence-corrected chi connectivity index (χ3v) is 2.67. The van der Waals surface area contributed by atoms with Crippen LogP contribution in [0.1, 0.15) is 37.4 Å². The molecule has 2 N–H and O–H groups in total. The van der Waals surface area contributed by atoms with E-state index in [1.807, 2.05) is 12.1 Å². The van der Waals surface area contributed by atoms with E-state index in [9.17, 15) is 0 Å². The van der Waals surface area contributed by atoms with E-state index in [1.165, 1.54) is 0 Å². The molecule has 2 rings (SSSR count). The Balaban J connectivity index is 2.06. The zero-order chi connectivity index (χ0) is 9.97. The number of hydrogen-bond acceptors (Lipinski definition) is 3. The van der Waals surface area contributed by atoms with Crippen LogP contribution in [-0.4, -0.2) is 12.6 Å². The molecule has 0 saturated carbocycles. The van der Waals surface area contributed by atoms with Gasteiger partial charge in [0.05, 0.1) is 0 Å². The lowest BCUT2D eigenvalue weighted by Gasteiger charge is -2.25. The second-order valence-electron chi connectivity index (χ2n) is 3.80. The fraction of sp³-hybridized carbons (Fsp3) is 0.636. The van der Waals surface area contributed by atoms with Crippen LogP contribution in [0.25, 0.3) is 0 Å². The van der Waals surface area contributed by atoms with E-state index in [0.717, 1.165) is 37.4 Å². The van der Waals surface area contributed by atoms with Crippen LogP contribution in [0.3, 0.4) is 0 Å². The molecule has 14 heavy (non-hydrogen) atoms. The number of nitrogens with two attached hydrogens (primary N) is 1. The van der Waals surface area contributed by atoms with E-state index in [2.05, 4.69) is 6.92 Å². The minimum atomic E-state index is 0.0686. The summed E-state index contributed by atoms with van der Waals surface area (Å²) in [6.45, 7) is 2.82. The predicted octanol–water partition coefficient (Wildman–Crippen LogP) is 2.02. The number of ether oxygens (including phenoxy) is 1. The molecule has 0 amide bonds. The van der Waals surface area contributed by atoms with Gasteiger partial charge in [-0.05, 0) is 25.0 Å². The van der Waals surface area contributed by atoms with Crippen molar-refractivity contribution in [3.8, 4) is 0 Å². The average molecular weight is 195 g/mol. The van der Waals surface area contributed by atoms with Crippen molar-refractivity contribution in [3.05, 3.63) is 23.7 Å². The number of aryl methyl sites for hydroxylation is 1. The van der Waals surface area contributed by atoms with Crippen LogP contribution in [0.5, 0.6) is 0 Å². The molecule has 3 nitrogen and oxygen atoms in total. The molecule has 0 aromatic carbocycles. The highest BCUT2D eigenvalue weighted by Gasteiger charge is 2.23. The lowest BCUT2D eigenvalue weighted by molar-refractivity contribution is -0.00641. The van der Waals surface area contributed by atoms with Gasteiger partial charge < -0.3 is 14.9 Å². The quantitative estimate of drug-likeness (QED) is 0.785. The largest absolute Gasteiger partial charge is 0.463 e. The van der Waals surface area contributed by atoms with Gasteiger partial charge >= 0.3 is 0 Å². The summed E-state index contributed by atoms with van der Waals surface area (Å²) in [7, 11) is 0. The van der Waals surface area contributed by atoms with Crippen LogP contribution in [0.15, 0.2) is 16.5 Å². The minimum absolute atomic E-state index is 0.0686. The first-order chi connectivity index (χ1) is 6.79. The van der Waals surface area contributed by atoms with Crippen molar-refractivity contribution >= 4 is 0 Å². The molecule has 2 heterocycles. The summed E-state index contributed by atoms with van der Waals surface area (Å²) < 4.78 is 11.3. The Morgan fingerprint density at radius 1 is 1.50 bits per heavy atom. The van der Waals surface area contributed by atoms with Gasteiger partial charge in [0, 0.05) is 19.1 Å². The number of rotatable bonds is 2. The van der Waals surface area contributed by atoms with Gasteiger partial charge in [-0.2, -0.15) is 0 Å². The van der Waals surface area contributed by atoms with E-state index in [-0.39, 0.29) is 12.1 Å². The molecule has 1 saturated heterocycles. The van der Waals surface area contributed by atoms with Crippen LogP contribution in [0.2, 0.25) is 0 Å². The first kappa shape index (κ1) is 9.74. The van der Waals surface area contributed by atoms with E-state index < -0.39 is 0 Å². The molecule has 1 aromatic heterocycles. The van der Waals surface area contributed by atoms with Gasteiger partial charge in [-0.25, -0.2) is 0 Å². The Morgan fingerprint density at radius 2 is 2.36 bits per heavy atom. The highest BCUT2D eigenvalue weighted by Crippen LogP contribution is 2.28. The van der Waals surface area contributed by atoms with Gasteiger partial charge in [-0.1, -0.05) is 6.92 Å². The highest BCUT2D eigenvalue weighted by atomic mass is 16.5. The Kier molecular flexibility index (Phi) is 2.89. The molecule has 1 fully saturated rings. The fourth-order valence-electron chi connectivity index (χ4n) is 1.78. The normalized spacial score (nSPS) is 27.9. The van der Waals surface area contributed by atoms with E-state index in [1.54, 1.807) is 0 Å². The first-order valence-corrected chi connectivity index (χ1v) is 5.25. The van der Waals surface area contributed by atoms with Gasteiger partial charge in [-0.15, -0.1) is 0 Å². The average Bonchev–Trinajstić information content (AvgIpc) is 2.66. The van der Waals surface area contributed by atoms with Crippen LogP contribution < -0.4 is 5.73 Å².